The first kappa shape index (κ1) is 24.4. The van der Waals surface area contributed by atoms with Crippen molar-refractivity contribution in [2.45, 2.75) is 89.9 Å². The lowest BCUT2D eigenvalue weighted by Gasteiger charge is -2.42. The Balaban J connectivity index is 1.63. The van der Waals surface area contributed by atoms with Gasteiger partial charge >= 0.3 is 0 Å². The smallest absolute Gasteiger partial charge is 0.0824 e. The first-order valence-electron chi connectivity index (χ1n) is 12.0. The van der Waals surface area contributed by atoms with Crippen molar-refractivity contribution in [2.75, 3.05) is 13.2 Å². The van der Waals surface area contributed by atoms with E-state index < -0.39 is 17.8 Å². The molecule has 0 aromatic heterocycles. The minimum atomic E-state index is -0.801. The third-order valence-corrected chi connectivity index (χ3v) is 7.49. The predicted octanol–water partition coefficient (Wildman–Crippen LogP) is 4.86. The Bertz CT molecular complexity index is 714. The van der Waals surface area contributed by atoms with Gasteiger partial charge in [-0.05, 0) is 82.5 Å². The highest BCUT2D eigenvalue weighted by Gasteiger charge is 2.49. The molecular formula is C27H42O4. The minimum absolute atomic E-state index is 0.240. The summed E-state index contributed by atoms with van der Waals surface area (Å²) in [5.41, 5.74) is 3.33. The molecule has 3 rings (SSSR count). The summed E-state index contributed by atoms with van der Waals surface area (Å²) in [4.78, 5) is 0. The molecule has 0 radical (unpaired) electrons. The third-order valence-electron chi connectivity index (χ3n) is 7.49. The van der Waals surface area contributed by atoms with Crippen LogP contribution in [0.4, 0.5) is 0 Å². The summed E-state index contributed by atoms with van der Waals surface area (Å²) in [6, 6.07) is 0. The Hall–Kier alpha value is -1.20. The van der Waals surface area contributed by atoms with E-state index in [1.807, 2.05) is 6.08 Å². The number of aliphatic hydroxyl groups excluding tert-OH is 2. The first-order valence-corrected chi connectivity index (χ1v) is 12.0. The van der Waals surface area contributed by atoms with Gasteiger partial charge in [-0.15, -0.1) is 0 Å². The summed E-state index contributed by atoms with van der Waals surface area (Å²) >= 11 is 0. The van der Waals surface area contributed by atoms with Gasteiger partial charge in [0.2, 0.25) is 0 Å². The standard InChI is InChI=1S/C27H42O4/c1-19(7-6-14-31-18-26(2,3)30)24-11-12-25-21(8-5-13-27(24,25)4)10-9-20-15-22(28)17-23(29)16-20/h6-7,9-10,22-25,28-30H,1,5,8,11-18H2,2-4H3/b7-6+,21-10+/t22-,23-,24-,25+,27-/m1/s1. The quantitative estimate of drug-likeness (QED) is 0.398. The molecule has 4 nitrogen and oxygen atoms in total. The maximum Gasteiger partial charge on any atom is 0.0824 e. The molecule has 3 fully saturated rings. The average Bonchev–Trinajstić information content (AvgIpc) is 3.02. The van der Waals surface area contributed by atoms with Gasteiger partial charge in [-0.25, -0.2) is 0 Å². The average molecular weight is 431 g/mol. The van der Waals surface area contributed by atoms with Crippen LogP contribution in [0.3, 0.4) is 0 Å². The van der Waals surface area contributed by atoms with Crippen LogP contribution < -0.4 is 0 Å². The number of allylic oxidation sites excluding steroid dienone is 5. The second-order valence-electron chi connectivity index (χ2n) is 10.9. The van der Waals surface area contributed by atoms with Crippen LogP contribution >= 0.6 is 0 Å². The molecule has 3 N–H and O–H groups in total. The molecule has 0 heterocycles. The first-order chi connectivity index (χ1) is 14.6. The lowest BCUT2D eigenvalue weighted by atomic mass is 9.62. The van der Waals surface area contributed by atoms with Crippen molar-refractivity contribution in [1.82, 2.24) is 0 Å². The van der Waals surface area contributed by atoms with Gasteiger partial charge in [0.15, 0.2) is 0 Å². The van der Waals surface area contributed by atoms with Crippen LogP contribution in [0.1, 0.15) is 72.1 Å². The molecule has 3 aliphatic rings. The Kier molecular flexibility index (Phi) is 8.01. The highest BCUT2D eigenvalue weighted by molar-refractivity contribution is 5.30. The number of rotatable bonds is 7. The number of ether oxygens (including phenoxy) is 1. The van der Waals surface area contributed by atoms with E-state index in [4.69, 9.17) is 4.74 Å². The van der Waals surface area contributed by atoms with Crippen molar-refractivity contribution in [3.8, 4) is 0 Å². The van der Waals surface area contributed by atoms with E-state index in [0.717, 1.165) is 6.42 Å². The van der Waals surface area contributed by atoms with E-state index in [1.165, 1.54) is 42.4 Å². The van der Waals surface area contributed by atoms with Gasteiger partial charge in [0.05, 0.1) is 31.0 Å². The van der Waals surface area contributed by atoms with E-state index in [1.54, 1.807) is 13.8 Å². The number of hydrogen-bond donors (Lipinski definition) is 3. The number of fused-ring (bicyclic) bond motifs is 1. The van der Waals surface area contributed by atoms with Crippen molar-refractivity contribution in [3.05, 3.63) is 47.6 Å². The molecule has 0 amide bonds. The van der Waals surface area contributed by atoms with E-state index in [9.17, 15) is 15.3 Å². The van der Waals surface area contributed by atoms with Gasteiger partial charge in [-0.2, -0.15) is 0 Å². The zero-order chi connectivity index (χ0) is 22.6. The molecule has 5 atom stereocenters. The molecule has 0 aromatic carbocycles. The van der Waals surface area contributed by atoms with Crippen molar-refractivity contribution in [3.63, 3.8) is 0 Å². The van der Waals surface area contributed by atoms with Gasteiger partial charge in [0.1, 0.15) is 0 Å². The number of aliphatic hydroxyl groups is 3. The largest absolute Gasteiger partial charge is 0.393 e. The van der Waals surface area contributed by atoms with Crippen LogP contribution in [0.15, 0.2) is 47.6 Å². The Morgan fingerprint density at radius 1 is 1.19 bits per heavy atom. The molecule has 31 heavy (non-hydrogen) atoms. The van der Waals surface area contributed by atoms with Crippen molar-refractivity contribution >= 4 is 0 Å². The molecule has 0 spiro atoms. The van der Waals surface area contributed by atoms with E-state index in [0.29, 0.717) is 44.3 Å². The lowest BCUT2D eigenvalue weighted by molar-refractivity contribution is -0.0124. The maximum absolute atomic E-state index is 9.96. The van der Waals surface area contributed by atoms with Gasteiger partial charge in [-0.3, -0.25) is 0 Å². The minimum Gasteiger partial charge on any atom is -0.393 e. The van der Waals surface area contributed by atoms with Crippen LogP contribution in [0.2, 0.25) is 0 Å². The Morgan fingerprint density at radius 2 is 1.90 bits per heavy atom. The fourth-order valence-electron chi connectivity index (χ4n) is 6.07. The van der Waals surface area contributed by atoms with Gasteiger partial charge in [0, 0.05) is 0 Å². The Labute approximate surface area is 188 Å². The molecule has 174 valence electrons. The number of hydrogen-bond acceptors (Lipinski definition) is 4. The summed E-state index contributed by atoms with van der Waals surface area (Å²) in [6.07, 6.45) is 15.6. The summed E-state index contributed by atoms with van der Waals surface area (Å²) in [7, 11) is 0. The van der Waals surface area contributed by atoms with Crippen molar-refractivity contribution in [1.29, 1.82) is 0 Å². The van der Waals surface area contributed by atoms with E-state index in [-0.39, 0.29) is 5.41 Å². The molecule has 4 heteroatoms. The lowest BCUT2D eigenvalue weighted by Crippen LogP contribution is -2.33. The van der Waals surface area contributed by atoms with Gasteiger partial charge in [0.25, 0.3) is 0 Å². The maximum atomic E-state index is 9.96. The predicted molar refractivity (Wildman–Crippen MR) is 126 cm³/mol. The van der Waals surface area contributed by atoms with Gasteiger partial charge in [-0.1, -0.05) is 54.5 Å². The van der Waals surface area contributed by atoms with Crippen LogP contribution in [0.5, 0.6) is 0 Å². The van der Waals surface area contributed by atoms with Crippen molar-refractivity contribution < 1.29 is 20.1 Å². The second-order valence-corrected chi connectivity index (χ2v) is 10.9. The summed E-state index contributed by atoms with van der Waals surface area (Å²) in [5.74, 6) is 1.07. The van der Waals surface area contributed by atoms with Crippen LogP contribution in [-0.2, 0) is 4.74 Å². The summed E-state index contributed by atoms with van der Waals surface area (Å²) in [5, 5.41) is 29.7. The molecule has 0 bridgehead atoms. The molecule has 0 aliphatic heterocycles. The molecule has 0 aromatic rings. The van der Waals surface area contributed by atoms with Crippen LogP contribution in [0.25, 0.3) is 0 Å². The van der Waals surface area contributed by atoms with Crippen molar-refractivity contribution in [2.24, 2.45) is 17.3 Å². The SMILES string of the molecule is C=C(/C=C/COCC(C)(C)O)[C@H]1CC[C@H]2/C(=C/C=C3C[C@@H](O)C[C@H](O)C3)CCC[C@]12C. The monoisotopic (exact) mass is 430 g/mol. The zero-order valence-electron chi connectivity index (χ0n) is 19.6. The third kappa shape index (κ3) is 6.41. The highest BCUT2D eigenvalue weighted by Crippen LogP contribution is 2.59. The molecule has 0 unspecified atom stereocenters. The van der Waals surface area contributed by atoms with E-state index in [2.05, 4.69) is 31.7 Å². The summed E-state index contributed by atoms with van der Waals surface area (Å²) < 4.78 is 5.54. The fourth-order valence-corrected chi connectivity index (χ4v) is 6.07. The molecular weight excluding hydrogens is 388 g/mol. The highest BCUT2D eigenvalue weighted by atomic mass is 16.5. The fraction of sp³-hybridized carbons (Fsp3) is 0.704. The molecule has 3 saturated carbocycles. The molecule has 0 saturated heterocycles. The summed E-state index contributed by atoms with van der Waals surface area (Å²) in [6.45, 7) is 11.2. The normalized spacial score (nSPS) is 35.5. The second kappa shape index (κ2) is 10.2. The molecule has 3 aliphatic carbocycles. The topological polar surface area (TPSA) is 69.9 Å². The van der Waals surface area contributed by atoms with Crippen LogP contribution in [-0.4, -0.2) is 46.3 Å². The Morgan fingerprint density at radius 3 is 2.58 bits per heavy atom. The van der Waals surface area contributed by atoms with Gasteiger partial charge < -0.3 is 20.1 Å². The van der Waals surface area contributed by atoms with Crippen LogP contribution in [0, 0.1) is 17.3 Å². The van der Waals surface area contributed by atoms with E-state index >= 15 is 0 Å². The zero-order valence-corrected chi connectivity index (χ0v) is 19.6.